The molecule has 6 nitrogen and oxygen atoms in total. The third kappa shape index (κ3) is 4.03. The van der Waals surface area contributed by atoms with Gasteiger partial charge in [0.15, 0.2) is 5.01 Å². The van der Waals surface area contributed by atoms with Crippen molar-refractivity contribution in [2.24, 2.45) is 0 Å². The first kappa shape index (κ1) is 21.0. The molecule has 2 aromatic carbocycles. The van der Waals surface area contributed by atoms with E-state index in [9.17, 15) is 9.90 Å². The van der Waals surface area contributed by atoms with Gasteiger partial charge in [-0.3, -0.25) is 4.90 Å². The molecule has 4 rings (SSSR count). The zero-order chi connectivity index (χ0) is 22.0. The van der Waals surface area contributed by atoms with Crippen molar-refractivity contribution in [3.8, 4) is 23.5 Å². The lowest BCUT2D eigenvalue weighted by atomic mass is 10.00. The number of likely N-dealkylation sites (N-methyl/N-ethyl adjacent to an activating group) is 1. The van der Waals surface area contributed by atoms with Gasteiger partial charge >= 0.3 is 6.03 Å². The Morgan fingerprint density at radius 2 is 1.97 bits per heavy atom. The molecular weight excluding hydrogens is 428 g/mol. The van der Waals surface area contributed by atoms with Gasteiger partial charge in [-0.15, -0.1) is 29.1 Å². The van der Waals surface area contributed by atoms with Gasteiger partial charge in [-0.2, -0.15) is 0 Å². The monoisotopic (exact) mass is 448 g/mol. The van der Waals surface area contributed by atoms with E-state index in [1.807, 2.05) is 41.9 Å². The normalized spacial score (nSPS) is 11.8. The molecule has 1 atom stereocenters. The second kappa shape index (κ2) is 8.86. The summed E-state index contributed by atoms with van der Waals surface area (Å²) in [5, 5.41) is 12.3. The lowest BCUT2D eigenvalue weighted by Crippen LogP contribution is -2.42. The smallest absolute Gasteiger partial charge is 0.325 e. The van der Waals surface area contributed by atoms with Gasteiger partial charge < -0.3 is 10.0 Å². The van der Waals surface area contributed by atoms with Crippen LogP contribution in [0.4, 0.5) is 10.6 Å². The second-order valence-corrected chi connectivity index (χ2v) is 8.65. The molecule has 0 aliphatic heterocycles. The summed E-state index contributed by atoms with van der Waals surface area (Å²) in [6, 6.07) is 13.2. The zero-order valence-electron chi connectivity index (χ0n) is 17.0. The average molecular weight is 449 g/mol. The van der Waals surface area contributed by atoms with Crippen LogP contribution in [0.15, 0.2) is 53.4 Å². The summed E-state index contributed by atoms with van der Waals surface area (Å²) in [7, 11) is 3.31. The highest BCUT2D eigenvalue weighted by Crippen LogP contribution is 2.32. The molecule has 31 heavy (non-hydrogen) atoms. The lowest BCUT2D eigenvalue weighted by Gasteiger charge is -2.30. The zero-order valence-corrected chi connectivity index (χ0v) is 18.7. The van der Waals surface area contributed by atoms with Crippen molar-refractivity contribution in [2.75, 3.05) is 25.6 Å². The fourth-order valence-electron chi connectivity index (χ4n) is 3.40. The Balaban J connectivity index is 1.56. The Kier molecular flexibility index (Phi) is 6.00. The molecule has 0 saturated heterocycles. The topological polar surface area (TPSA) is 69.6 Å². The fraction of sp³-hybridized carbons (Fsp3) is 0.174. The van der Waals surface area contributed by atoms with Gasteiger partial charge in [-0.05, 0) is 23.1 Å². The van der Waals surface area contributed by atoms with E-state index < -0.39 is 6.04 Å². The molecule has 0 radical (unpaired) electrons. The van der Waals surface area contributed by atoms with Crippen LogP contribution >= 0.6 is 22.7 Å². The summed E-state index contributed by atoms with van der Waals surface area (Å²) in [5.74, 6) is 2.96. The van der Waals surface area contributed by atoms with E-state index >= 15 is 0 Å². The van der Waals surface area contributed by atoms with Crippen LogP contribution in [0, 0.1) is 12.3 Å². The van der Waals surface area contributed by atoms with Gasteiger partial charge in [0.2, 0.25) is 0 Å². The number of aromatic nitrogens is 2. The molecule has 4 aromatic rings. The van der Waals surface area contributed by atoms with Crippen molar-refractivity contribution in [3.63, 3.8) is 0 Å². The predicted octanol–water partition coefficient (Wildman–Crippen LogP) is 4.62. The average Bonchev–Trinajstić information content (AvgIpc) is 3.48. The van der Waals surface area contributed by atoms with Gasteiger partial charge in [0.05, 0.1) is 28.4 Å². The maximum atomic E-state index is 13.0. The Labute approximate surface area is 188 Å². The van der Waals surface area contributed by atoms with E-state index in [-0.39, 0.29) is 12.6 Å². The third-order valence-electron chi connectivity index (χ3n) is 5.15. The van der Waals surface area contributed by atoms with Gasteiger partial charge in [0.1, 0.15) is 5.82 Å². The molecule has 156 valence electrons. The highest BCUT2D eigenvalue weighted by molar-refractivity contribution is 7.17. The molecule has 0 fully saturated rings. The number of nitrogens with zero attached hydrogens (tertiary/aromatic N) is 4. The van der Waals surface area contributed by atoms with Crippen molar-refractivity contribution in [1.82, 2.24) is 14.9 Å². The van der Waals surface area contributed by atoms with Gasteiger partial charge in [0, 0.05) is 25.0 Å². The maximum Gasteiger partial charge on any atom is 0.325 e. The van der Waals surface area contributed by atoms with Crippen LogP contribution in [-0.4, -0.2) is 46.7 Å². The van der Waals surface area contributed by atoms with Gasteiger partial charge in [0.25, 0.3) is 0 Å². The van der Waals surface area contributed by atoms with Crippen molar-refractivity contribution in [2.45, 2.75) is 6.04 Å². The van der Waals surface area contributed by atoms with Crippen molar-refractivity contribution in [3.05, 3.63) is 63.9 Å². The minimum Gasteiger partial charge on any atom is -0.394 e. The number of urea groups is 1. The van der Waals surface area contributed by atoms with E-state index in [2.05, 4.69) is 22.0 Å². The number of terminal acetylenes is 1. The standard InChI is InChI=1S/C23H20N4O2S2/c1-4-21-25-20(13-30-21)27(3)23(29)26(2)19(12-28)16-10-8-15(9-11-16)17-6-5-7-18-22(17)31-14-24-18/h1,5-11,13-14,19,28H,12H2,2-3H3/t19-/m0/s1. The minimum atomic E-state index is -0.492. The Morgan fingerprint density at radius 1 is 1.19 bits per heavy atom. The summed E-state index contributed by atoms with van der Waals surface area (Å²) in [6.45, 7) is -0.202. The number of amides is 2. The summed E-state index contributed by atoms with van der Waals surface area (Å²) in [6.07, 6.45) is 5.37. The first-order chi connectivity index (χ1) is 15.0. The first-order valence-corrected chi connectivity index (χ1v) is 11.3. The summed E-state index contributed by atoms with van der Waals surface area (Å²) in [4.78, 5) is 24.5. The van der Waals surface area contributed by atoms with E-state index in [1.54, 1.807) is 30.8 Å². The van der Waals surface area contributed by atoms with Gasteiger partial charge in [-0.1, -0.05) is 36.4 Å². The lowest BCUT2D eigenvalue weighted by molar-refractivity contribution is 0.155. The number of thiazole rings is 2. The molecule has 0 unspecified atom stereocenters. The molecule has 2 amide bonds. The molecule has 2 aromatic heterocycles. The number of carbonyl (C=O) groups excluding carboxylic acids is 1. The van der Waals surface area contributed by atoms with Crippen molar-refractivity contribution >= 4 is 44.7 Å². The molecule has 0 aliphatic rings. The van der Waals surface area contributed by atoms with Crippen LogP contribution in [0.25, 0.3) is 21.3 Å². The summed E-state index contributed by atoms with van der Waals surface area (Å²) < 4.78 is 1.14. The molecule has 2 heterocycles. The molecule has 0 bridgehead atoms. The number of hydrogen-bond donors (Lipinski definition) is 1. The Bertz CT molecular complexity index is 1260. The first-order valence-electron chi connectivity index (χ1n) is 9.49. The van der Waals surface area contributed by atoms with E-state index in [0.717, 1.165) is 26.9 Å². The van der Waals surface area contributed by atoms with E-state index in [0.29, 0.717) is 10.8 Å². The van der Waals surface area contributed by atoms with Crippen LogP contribution in [0.1, 0.15) is 16.6 Å². The summed E-state index contributed by atoms with van der Waals surface area (Å²) in [5.41, 5.74) is 5.84. The highest BCUT2D eigenvalue weighted by atomic mass is 32.1. The molecular formula is C23H20N4O2S2. The van der Waals surface area contributed by atoms with Crippen LogP contribution in [0.3, 0.4) is 0 Å². The fourth-order valence-corrected chi connectivity index (χ4v) is 4.87. The van der Waals surface area contributed by atoms with Crippen LogP contribution in [0.2, 0.25) is 0 Å². The SMILES string of the molecule is C#Cc1nc(N(C)C(=O)N(C)[C@@H](CO)c2ccc(-c3cccc4ncsc34)cc2)cs1. The Morgan fingerprint density at radius 3 is 2.65 bits per heavy atom. The largest absolute Gasteiger partial charge is 0.394 e. The number of fused-ring (bicyclic) bond motifs is 1. The molecule has 0 spiro atoms. The number of hydrogen-bond acceptors (Lipinski definition) is 6. The molecule has 1 N–H and O–H groups in total. The van der Waals surface area contributed by atoms with Crippen LogP contribution in [-0.2, 0) is 0 Å². The third-order valence-corrected chi connectivity index (χ3v) is 6.79. The van der Waals surface area contributed by atoms with Gasteiger partial charge in [-0.25, -0.2) is 14.8 Å². The van der Waals surface area contributed by atoms with Crippen LogP contribution in [0.5, 0.6) is 0 Å². The van der Waals surface area contributed by atoms with Crippen LogP contribution < -0.4 is 4.90 Å². The predicted molar refractivity (Wildman–Crippen MR) is 126 cm³/mol. The van der Waals surface area contributed by atoms with Crippen molar-refractivity contribution < 1.29 is 9.90 Å². The number of rotatable bonds is 5. The molecule has 0 saturated carbocycles. The van der Waals surface area contributed by atoms with E-state index in [1.165, 1.54) is 21.1 Å². The number of anilines is 1. The summed E-state index contributed by atoms with van der Waals surface area (Å²) >= 11 is 2.92. The number of carbonyl (C=O) groups is 1. The highest BCUT2D eigenvalue weighted by Gasteiger charge is 2.25. The van der Waals surface area contributed by atoms with Crippen molar-refractivity contribution in [1.29, 1.82) is 0 Å². The molecule has 0 aliphatic carbocycles. The minimum absolute atomic E-state index is 0.202. The Hall–Kier alpha value is -3.25. The number of benzene rings is 2. The second-order valence-electron chi connectivity index (χ2n) is 6.93. The van der Waals surface area contributed by atoms with E-state index in [4.69, 9.17) is 6.42 Å². The quantitative estimate of drug-likeness (QED) is 0.452. The molecule has 8 heteroatoms. The number of aliphatic hydroxyl groups excluding tert-OH is 1. The maximum absolute atomic E-state index is 13.0. The number of aliphatic hydroxyl groups is 1.